The Morgan fingerprint density at radius 3 is 2.83 bits per heavy atom. The van der Waals surface area contributed by atoms with Crippen LogP contribution in [0.3, 0.4) is 0 Å². The maximum absolute atomic E-state index is 12.9. The van der Waals surface area contributed by atoms with E-state index in [1.165, 1.54) is 35.3 Å². The summed E-state index contributed by atoms with van der Waals surface area (Å²) in [5.74, 6) is -0.0888. The Hall–Kier alpha value is -2.24. The van der Waals surface area contributed by atoms with Crippen LogP contribution in [0.1, 0.15) is 62.4 Å². The summed E-state index contributed by atoms with van der Waals surface area (Å²) in [5, 5.41) is 17.5. The van der Waals surface area contributed by atoms with Gasteiger partial charge in [0.25, 0.3) is 5.56 Å². The molecule has 1 atom stereocenters. The quantitative estimate of drug-likeness (QED) is 0.814. The van der Waals surface area contributed by atoms with Gasteiger partial charge in [0.15, 0.2) is 0 Å². The lowest BCUT2D eigenvalue weighted by atomic mass is 9.89. The molecule has 0 bridgehead atoms. The second-order valence-corrected chi connectivity index (χ2v) is 9.51. The number of carbonyl (C=O) groups excluding carboxylic acids is 1. The number of nitrogens with one attached hydrogen (secondary N) is 1. The third kappa shape index (κ3) is 4.07. The molecular weight excluding hydrogens is 386 g/mol. The van der Waals surface area contributed by atoms with E-state index in [1.54, 1.807) is 6.07 Å². The second kappa shape index (κ2) is 8.25. The van der Waals surface area contributed by atoms with Crippen molar-refractivity contribution in [1.82, 2.24) is 20.0 Å². The molecule has 0 aromatic carbocycles. The molecule has 0 radical (unpaired) electrons. The second-order valence-electron chi connectivity index (χ2n) is 8.45. The maximum atomic E-state index is 12.9. The van der Waals surface area contributed by atoms with Gasteiger partial charge in [-0.05, 0) is 44.2 Å². The van der Waals surface area contributed by atoms with Crippen LogP contribution >= 0.6 is 11.3 Å². The first-order valence-corrected chi connectivity index (χ1v) is 11.3. The third-order valence-electron chi connectivity index (χ3n) is 6.02. The van der Waals surface area contributed by atoms with E-state index >= 15 is 0 Å². The predicted molar refractivity (Wildman–Crippen MR) is 113 cm³/mol. The fourth-order valence-electron chi connectivity index (χ4n) is 4.29. The number of nitriles is 1. The topological polar surface area (TPSA) is 91.0 Å². The van der Waals surface area contributed by atoms with E-state index in [-0.39, 0.29) is 30.0 Å². The Bertz CT molecular complexity index is 1010. The van der Waals surface area contributed by atoms with Crippen molar-refractivity contribution in [3.8, 4) is 6.07 Å². The Morgan fingerprint density at radius 2 is 2.17 bits per heavy atom. The van der Waals surface area contributed by atoms with Crippen LogP contribution in [-0.2, 0) is 11.3 Å². The monoisotopic (exact) mass is 413 g/mol. The summed E-state index contributed by atoms with van der Waals surface area (Å²) in [6, 6.07) is 4.65. The summed E-state index contributed by atoms with van der Waals surface area (Å²) in [6.07, 6.45) is 5.91. The predicted octanol–water partition coefficient (Wildman–Crippen LogP) is 2.59. The highest BCUT2D eigenvalue weighted by molar-refractivity contribution is 7.19. The summed E-state index contributed by atoms with van der Waals surface area (Å²) in [6.45, 7) is 5.92. The molecule has 4 rings (SSSR count). The van der Waals surface area contributed by atoms with Crippen LogP contribution in [0.2, 0.25) is 0 Å². The van der Waals surface area contributed by atoms with Crippen LogP contribution in [0.5, 0.6) is 0 Å². The highest BCUT2D eigenvalue weighted by Crippen LogP contribution is 2.28. The lowest BCUT2D eigenvalue weighted by Gasteiger charge is -2.42. The zero-order chi connectivity index (χ0) is 20.5. The Labute approximate surface area is 174 Å². The van der Waals surface area contributed by atoms with Crippen molar-refractivity contribution < 1.29 is 4.79 Å². The van der Waals surface area contributed by atoms with Crippen LogP contribution in [0.25, 0.3) is 10.1 Å². The van der Waals surface area contributed by atoms with Crippen molar-refractivity contribution in [2.75, 3.05) is 13.1 Å². The van der Waals surface area contributed by atoms with E-state index in [4.69, 9.17) is 0 Å². The molecule has 8 heteroatoms. The first-order chi connectivity index (χ1) is 14.0. The summed E-state index contributed by atoms with van der Waals surface area (Å²) in [7, 11) is 0. The first kappa shape index (κ1) is 20.0. The van der Waals surface area contributed by atoms with Crippen LogP contribution < -0.4 is 10.9 Å². The molecule has 1 aliphatic carbocycles. The lowest BCUT2D eigenvalue weighted by molar-refractivity contribution is -0.123. The number of carbonyl (C=O) groups is 1. The van der Waals surface area contributed by atoms with E-state index in [1.807, 2.05) is 13.8 Å². The largest absolute Gasteiger partial charge is 0.350 e. The summed E-state index contributed by atoms with van der Waals surface area (Å²) >= 11 is 1.17. The maximum Gasteiger partial charge on any atom is 0.285 e. The van der Waals surface area contributed by atoms with Crippen molar-refractivity contribution in [2.45, 2.75) is 70.5 Å². The minimum absolute atomic E-state index is 0.0860. The minimum Gasteiger partial charge on any atom is -0.350 e. The van der Waals surface area contributed by atoms with Gasteiger partial charge in [0.05, 0.1) is 5.69 Å². The van der Waals surface area contributed by atoms with Gasteiger partial charge in [0.1, 0.15) is 22.2 Å². The summed E-state index contributed by atoms with van der Waals surface area (Å²) in [5.41, 5.74) is 0.449. The molecular formula is C21H27N5O2S. The molecule has 1 aliphatic heterocycles. The molecule has 3 heterocycles. The number of likely N-dealkylation sites (tertiary alicyclic amines) is 1. The number of hydrogen-bond donors (Lipinski definition) is 1. The molecule has 1 saturated carbocycles. The van der Waals surface area contributed by atoms with Crippen LogP contribution in [0.4, 0.5) is 0 Å². The fourth-order valence-corrected chi connectivity index (χ4v) is 5.20. The van der Waals surface area contributed by atoms with Gasteiger partial charge >= 0.3 is 0 Å². The number of piperidine rings is 1. The molecule has 7 nitrogen and oxygen atoms in total. The molecule has 2 aromatic heterocycles. The number of thiophene rings is 1. The molecule has 154 valence electrons. The molecule has 1 saturated heterocycles. The van der Waals surface area contributed by atoms with E-state index in [9.17, 15) is 14.9 Å². The van der Waals surface area contributed by atoms with Gasteiger partial charge in [0, 0.05) is 24.0 Å². The molecule has 1 N–H and O–H groups in total. The summed E-state index contributed by atoms with van der Waals surface area (Å²) in [4.78, 5) is 28.5. The molecule has 2 fully saturated rings. The van der Waals surface area contributed by atoms with Gasteiger partial charge in [-0.2, -0.15) is 10.4 Å². The molecule has 0 spiro atoms. The molecule has 1 amide bonds. The number of aromatic nitrogens is 2. The van der Waals surface area contributed by atoms with Gasteiger partial charge in [-0.25, -0.2) is 4.68 Å². The van der Waals surface area contributed by atoms with Crippen molar-refractivity contribution in [2.24, 2.45) is 0 Å². The third-order valence-corrected chi connectivity index (χ3v) is 7.05. The van der Waals surface area contributed by atoms with Gasteiger partial charge < -0.3 is 5.32 Å². The molecule has 2 aliphatic rings. The normalized spacial score (nSPS) is 20.6. The van der Waals surface area contributed by atoms with Gasteiger partial charge in [-0.3, -0.25) is 14.5 Å². The van der Waals surface area contributed by atoms with Gasteiger partial charge in [-0.15, -0.1) is 11.3 Å². The molecule has 2 aromatic rings. The van der Waals surface area contributed by atoms with E-state index in [0.717, 1.165) is 37.0 Å². The summed E-state index contributed by atoms with van der Waals surface area (Å²) < 4.78 is 1.76. The van der Waals surface area contributed by atoms with Crippen LogP contribution in [-0.4, -0.2) is 45.8 Å². The van der Waals surface area contributed by atoms with Crippen molar-refractivity contribution in [3.63, 3.8) is 0 Å². The zero-order valence-corrected chi connectivity index (χ0v) is 17.8. The van der Waals surface area contributed by atoms with E-state index < -0.39 is 0 Å². The van der Waals surface area contributed by atoms with Gasteiger partial charge in [0.2, 0.25) is 5.91 Å². The highest BCUT2D eigenvalue weighted by atomic mass is 32.1. The first-order valence-electron chi connectivity index (χ1n) is 10.4. The lowest BCUT2D eigenvalue weighted by Crippen LogP contribution is -2.53. The van der Waals surface area contributed by atoms with Crippen molar-refractivity contribution in [1.29, 1.82) is 5.26 Å². The Morgan fingerprint density at radius 1 is 1.38 bits per heavy atom. The van der Waals surface area contributed by atoms with E-state index in [2.05, 4.69) is 21.4 Å². The highest BCUT2D eigenvalue weighted by Gasteiger charge is 2.30. The number of fused-ring (bicyclic) bond motifs is 1. The Balaban J connectivity index is 1.51. The number of rotatable bonds is 5. The van der Waals surface area contributed by atoms with Crippen molar-refractivity contribution >= 4 is 27.3 Å². The average Bonchev–Trinajstić information content (AvgIpc) is 3.07. The number of amides is 1. The standard InChI is InChI=1S/C21H27N5O2S/c1-13(2)19-17-9-16(10-22)29-20(17)21(28)26(24-19)12-18(27)23-14-5-4-8-25(11-14)15-6-3-7-15/h9,13-15H,3-8,11-12H2,1-2H3,(H,23,27)/t14-/m1/s1. The van der Waals surface area contributed by atoms with Gasteiger partial charge in [-0.1, -0.05) is 20.3 Å². The number of nitrogens with zero attached hydrogens (tertiary/aromatic N) is 4. The molecule has 29 heavy (non-hydrogen) atoms. The Kier molecular flexibility index (Phi) is 5.70. The average molecular weight is 414 g/mol. The van der Waals surface area contributed by atoms with Crippen molar-refractivity contribution in [3.05, 3.63) is 27.0 Å². The minimum atomic E-state index is -0.300. The van der Waals surface area contributed by atoms with Crippen LogP contribution in [0.15, 0.2) is 10.9 Å². The van der Waals surface area contributed by atoms with Crippen LogP contribution in [0, 0.1) is 11.3 Å². The smallest absolute Gasteiger partial charge is 0.285 e. The number of hydrogen-bond acceptors (Lipinski definition) is 6. The SMILES string of the molecule is CC(C)c1nn(CC(=O)N[C@@H]2CCCN(C3CCC3)C2)c(=O)c2sc(C#N)cc12. The fraction of sp³-hybridized carbons (Fsp3) is 0.619. The molecule has 0 unspecified atom stereocenters. The van der Waals surface area contributed by atoms with E-state index in [0.29, 0.717) is 15.6 Å². The zero-order valence-electron chi connectivity index (χ0n) is 17.0.